The number of aliphatic hydroxyl groups is 1. The van der Waals surface area contributed by atoms with Crippen LogP contribution < -0.4 is 16.0 Å². The molecule has 23 heavy (non-hydrogen) atoms. The summed E-state index contributed by atoms with van der Waals surface area (Å²) in [7, 11) is 0. The quantitative estimate of drug-likeness (QED) is 0.654. The number of aryl methyl sites for hydroxylation is 1. The van der Waals surface area contributed by atoms with Crippen molar-refractivity contribution < 1.29 is 14.7 Å². The second-order valence-corrected chi connectivity index (χ2v) is 5.51. The van der Waals surface area contributed by atoms with E-state index in [2.05, 4.69) is 20.4 Å². The Morgan fingerprint density at radius 1 is 1.39 bits per heavy atom. The largest absolute Gasteiger partial charge is 0.404 e. The van der Waals surface area contributed by atoms with Crippen LogP contribution in [0.2, 0.25) is 0 Å². The molecule has 1 aromatic rings. The van der Waals surface area contributed by atoms with Crippen molar-refractivity contribution in [1.29, 1.82) is 0 Å². The van der Waals surface area contributed by atoms with Gasteiger partial charge < -0.3 is 15.7 Å². The zero-order valence-corrected chi connectivity index (χ0v) is 13.2. The van der Waals surface area contributed by atoms with Gasteiger partial charge in [-0.3, -0.25) is 14.9 Å². The molecule has 1 aromatic heterocycles. The number of anilines is 1. The molecule has 2 rings (SSSR count). The van der Waals surface area contributed by atoms with Crippen LogP contribution in [-0.2, 0) is 9.59 Å². The maximum Gasteiger partial charge on any atom is 0.261 e. The van der Waals surface area contributed by atoms with Gasteiger partial charge in [-0.15, -0.1) is 5.10 Å². The number of carbonyl (C=O) groups is 2. The lowest BCUT2D eigenvalue weighted by Gasteiger charge is -2.32. The monoisotopic (exact) mass is 319 g/mol. The van der Waals surface area contributed by atoms with E-state index in [-0.39, 0.29) is 11.7 Å². The summed E-state index contributed by atoms with van der Waals surface area (Å²) in [6.07, 6.45) is 2.20. The van der Waals surface area contributed by atoms with Gasteiger partial charge in [0, 0.05) is 26.2 Å². The normalized spacial score (nSPS) is 16.3. The van der Waals surface area contributed by atoms with Gasteiger partial charge in [-0.2, -0.15) is 5.10 Å². The third-order valence-corrected chi connectivity index (χ3v) is 3.73. The Kier molecular flexibility index (Phi) is 5.28. The van der Waals surface area contributed by atoms with Gasteiger partial charge >= 0.3 is 0 Å². The molecule has 1 saturated heterocycles. The highest BCUT2D eigenvalue weighted by Gasteiger charge is 2.22. The van der Waals surface area contributed by atoms with Crippen molar-refractivity contribution in [1.82, 2.24) is 15.5 Å². The molecule has 0 atom stereocenters. The molecular weight excluding hydrogens is 298 g/mol. The first-order valence-corrected chi connectivity index (χ1v) is 7.44. The van der Waals surface area contributed by atoms with Crippen molar-refractivity contribution in [2.45, 2.75) is 32.8 Å². The summed E-state index contributed by atoms with van der Waals surface area (Å²) < 4.78 is 0. The minimum atomic E-state index is -0.613. The second kappa shape index (κ2) is 7.19. The predicted molar refractivity (Wildman–Crippen MR) is 85.2 cm³/mol. The first kappa shape index (κ1) is 16.9. The number of imide groups is 1. The van der Waals surface area contributed by atoms with Crippen molar-refractivity contribution in [3.63, 3.8) is 0 Å². The lowest BCUT2D eigenvalue weighted by Crippen LogP contribution is -2.36. The molecule has 0 spiro atoms. The predicted octanol–water partition coefficient (Wildman–Crippen LogP) is -0.292. The van der Waals surface area contributed by atoms with E-state index < -0.39 is 11.8 Å². The van der Waals surface area contributed by atoms with Gasteiger partial charge in [-0.25, -0.2) is 0 Å². The summed E-state index contributed by atoms with van der Waals surface area (Å²) in [4.78, 5) is 25.1. The molecular formula is C15H21N5O3. The number of amides is 2. The van der Waals surface area contributed by atoms with Gasteiger partial charge in [0.2, 0.25) is 5.91 Å². The van der Waals surface area contributed by atoms with E-state index in [4.69, 9.17) is 5.73 Å². The van der Waals surface area contributed by atoms with E-state index in [1.165, 1.54) is 6.92 Å². The summed E-state index contributed by atoms with van der Waals surface area (Å²) >= 11 is 0. The number of rotatable bonds is 3. The first-order chi connectivity index (χ1) is 10.9. The van der Waals surface area contributed by atoms with Gasteiger partial charge in [0.05, 0.1) is 23.1 Å². The Labute approximate surface area is 134 Å². The molecule has 2 heterocycles. The number of hydrogen-bond donors (Lipinski definition) is 3. The number of aromatic nitrogens is 2. The molecule has 4 N–H and O–H groups in total. The van der Waals surface area contributed by atoms with Crippen molar-refractivity contribution >= 4 is 23.1 Å². The second-order valence-electron chi connectivity index (χ2n) is 5.51. The van der Waals surface area contributed by atoms with Gasteiger partial charge in [0.15, 0.2) is 0 Å². The third-order valence-electron chi connectivity index (χ3n) is 3.73. The molecule has 124 valence electrons. The fourth-order valence-electron chi connectivity index (χ4n) is 2.51. The van der Waals surface area contributed by atoms with Crippen molar-refractivity contribution in [3.8, 4) is 0 Å². The number of nitrogens with two attached hydrogens (primary N) is 1. The Morgan fingerprint density at radius 3 is 2.61 bits per heavy atom. The number of carbonyl (C=O) groups excluding carboxylic acids is 2. The number of nitrogens with one attached hydrogen (secondary N) is 1. The number of hydrogen-bond acceptors (Lipinski definition) is 7. The van der Waals surface area contributed by atoms with Crippen LogP contribution in [0.5, 0.6) is 0 Å². The SMILES string of the molecule is CC(=O)NC(=O)/C(=C\N)c1cc(N2CCC(O)CC2)c(C)nn1. The third kappa shape index (κ3) is 4.04. The van der Waals surface area contributed by atoms with Crippen LogP contribution in [0.3, 0.4) is 0 Å². The fraction of sp³-hybridized carbons (Fsp3) is 0.467. The molecule has 0 radical (unpaired) electrons. The molecule has 0 unspecified atom stereocenters. The average Bonchev–Trinajstić information content (AvgIpc) is 2.50. The molecule has 1 aliphatic heterocycles. The molecule has 8 nitrogen and oxygen atoms in total. The minimum Gasteiger partial charge on any atom is -0.404 e. The van der Waals surface area contributed by atoms with Crippen LogP contribution >= 0.6 is 0 Å². The first-order valence-electron chi connectivity index (χ1n) is 7.44. The molecule has 8 heteroatoms. The molecule has 0 bridgehead atoms. The van der Waals surface area contributed by atoms with Crippen molar-refractivity contribution in [3.05, 3.63) is 23.7 Å². The summed E-state index contributed by atoms with van der Waals surface area (Å²) in [6, 6.07) is 1.73. The van der Waals surface area contributed by atoms with Crippen LogP contribution in [0.1, 0.15) is 31.2 Å². The van der Waals surface area contributed by atoms with Gasteiger partial charge in [-0.1, -0.05) is 0 Å². The van der Waals surface area contributed by atoms with E-state index in [9.17, 15) is 14.7 Å². The van der Waals surface area contributed by atoms with Crippen molar-refractivity contribution in [2.24, 2.45) is 5.73 Å². The number of nitrogens with zero attached hydrogens (tertiary/aromatic N) is 3. The molecule has 2 amide bonds. The minimum absolute atomic E-state index is 0.0889. The van der Waals surface area contributed by atoms with E-state index in [0.29, 0.717) is 31.6 Å². The molecule has 0 aliphatic carbocycles. The fourth-order valence-corrected chi connectivity index (χ4v) is 2.51. The van der Waals surface area contributed by atoms with E-state index in [1.54, 1.807) is 6.07 Å². The van der Waals surface area contributed by atoms with Crippen LogP contribution in [0.4, 0.5) is 5.69 Å². The van der Waals surface area contributed by atoms with Gasteiger partial charge in [0.1, 0.15) is 5.69 Å². The smallest absolute Gasteiger partial charge is 0.261 e. The zero-order chi connectivity index (χ0) is 17.0. The topological polar surface area (TPSA) is 121 Å². The lowest BCUT2D eigenvalue weighted by atomic mass is 10.1. The van der Waals surface area contributed by atoms with Crippen LogP contribution in [0, 0.1) is 6.92 Å². The van der Waals surface area contributed by atoms with Crippen molar-refractivity contribution in [2.75, 3.05) is 18.0 Å². The Bertz CT molecular complexity index is 636. The zero-order valence-electron chi connectivity index (χ0n) is 13.2. The van der Waals surface area contributed by atoms with Crippen LogP contribution in [0.25, 0.3) is 5.57 Å². The standard InChI is InChI=1S/C15H21N5O3/c1-9-14(20-5-3-11(22)4-6-20)7-13(19-18-9)12(8-16)15(23)17-10(2)21/h7-8,11,22H,3-6,16H2,1-2H3,(H,17,21,23)/b12-8-. The maximum absolute atomic E-state index is 12.0. The Morgan fingerprint density at radius 2 is 2.04 bits per heavy atom. The average molecular weight is 319 g/mol. The highest BCUT2D eigenvalue weighted by molar-refractivity contribution is 6.22. The van der Waals surface area contributed by atoms with E-state index in [1.807, 2.05) is 6.92 Å². The number of aliphatic hydroxyl groups excluding tert-OH is 1. The molecule has 0 aromatic carbocycles. The van der Waals surface area contributed by atoms with E-state index >= 15 is 0 Å². The summed E-state index contributed by atoms with van der Waals surface area (Å²) in [6.45, 7) is 4.48. The highest BCUT2D eigenvalue weighted by atomic mass is 16.3. The van der Waals surface area contributed by atoms with Crippen LogP contribution in [-0.4, -0.2) is 46.3 Å². The lowest BCUT2D eigenvalue weighted by molar-refractivity contribution is -0.126. The summed E-state index contributed by atoms with van der Waals surface area (Å²) in [5.41, 5.74) is 7.48. The summed E-state index contributed by atoms with van der Waals surface area (Å²) in [5, 5.41) is 19.9. The van der Waals surface area contributed by atoms with E-state index in [0.717, 1.165) is 17.6 Å². The number of piperidine rings is 1. The van der Waals surface area contributed by atoms with Gasteiger partial charge in [0.25, 0.3) is 5.91 Å². The molecule has 1 fully saturated rings. The Hall–Kier alpha value is -2.48. The van der Waals surface area contributed by atoms with Crippen LogP contribution in [0.15, 0.2) is 12.3 Å². The highest BCUT2D eigenvalue weighted by Crippen LogP contribution is 2.25. The molecule has 0 saturated carbocycles. The van der Waals surface area contributed by atoms with Gasteiger partial charge in [-0.05, 0) is 25.8 Å². The molecule has 1 aliphatic rings. The Balaban J connectivity index is 2.28. The maximum atomic E-state index is 12.0. The summed E-state index contributed by atoms with van der Waals surface area (Å²) in [5.74, 6) is -1.09.